The number of hydrogen-bond acceptors (Lipinski definition) is 5. The van der Waals surface area contributed by atoms with Crippen LogP contribution in [-0.2, 0) is 4.79 Å². The normalized spacial score (nSPS) is 16.5. The SMILES string of the molecule is O=C(CSc1nnc(C2CC2)n1C1CC1)NC(=O)Nc1ccccc1. The maximum absolute atomic E-state index is 12.0. The molecule has 2 aromatic rings. The largest absolute Gasteiger partial charge is 0.325 e. The van der Waals surface area contributed by atoms with Crippen molar-refractivity contribution in [1.82, 2.24) is 20.1 Å². The van der Waals surface area contributed by atoms with Gasteiger partial charge in [-0.15, -0.1) is 10.2 Å². The minimum absolute atomic E-state index is 0.137. The van der Waals surface area contributed by atoms with Crippen molar-refractivity contribution < 1.29 is 9.59 Å². The number of nitrogens with one attached hydrogen (secondary N) is 2. The van der Waals surface area contributed by atoms with Crippen molar-refractivity contribution in [3.05, 3.63) is 36.2 Å². The highest BCUT2D eigenvalue weighted by molar-refractivity contribution is 7.99. The highest BCUT2D eigenvalue weighted by Crippen LogP contribution is 2.45. The maximum Gasteiger partial charge on any atom is 0.325 e. The second kappa shape index (κ2) is 6.87. The summed E-state index contributed by atoms with van der Waals surface area (Å²) >= 11 is 1.34. The van der Waals surface area contributed by atoms with Crippen molar-refractivity contribution >= 4 is 29.4 Å². The molecule has 2 fully saturated rings. The number of carbonyl (C=O) groups excluding carboxylic acids is 2. The molecule has 1 aromatic carbocycles. The van der Waals surface area contributed by atoms with Crippen molar-refractivity contribution in [2.45, 2.75) is 42.8 Å². The molecule has 0 unspecified atom stereocenters. The molecule has 0 atom stereocenters. The third-order valence-corrected chi connectivity index (χ3v) is 5.11. The Labute approximate surface area is 149 Å². The molecule has 1 heterocycles. The average Bonchev–Trinajstić information content (AvgIpc) is 3.52. The van der Waals surface area contributed by atoms with E-state index in [0.29, 0.717) is 17.6 Å². The van der Waals surface area contributed by atoms with Gasteiger partial charge in [0.05, 0.1) is 5.75 Å². The van der Waals surface area contributed by atoms with Crippen molar-refractivity contribution in [2.24, 2.45) is 0 Å². The molecule has 25 heavy (non-hydrogen) atoms. The van der Waals surface area contributed by atoms with Crippen molar-refractivity contribution in [2.75, 3.05) is 11.1 Å². The lowest BCUT2D eigenvalue weighted by Gasteiger charge is -2.08. The minimum atomic E-state index is -0.529. The first-order valence-electron chi connectivity index (χ1n) is 8.44. The fourth-order valence-electron chi connectivity index (χ4n) is 2.66. The number of nitrogens with zero attached hydrogens (tertiary/aromatic N) is 3. The summed E-state index contributed by atoms with van der Waals surface area (Å²) in [7, 11) is 0. The predicted molar refractivity (Wildman–Crippen MR) is 94.6 cm³/mol. The van der Waals surface area contributed by atoms with Gasteiger partial charge >= 0.3 is 6.03 Å². The first-order chi connectivity index (χ1) is 12.2. The molecule has 2 saturated carbocycles. The summed E-state index contributed by atoms with van der Waals surface area (Å²) in [6, 6.07) is 8.96. The van der Waals surface area contributed by atoms with E-state index in [1.165, 1.54) is 24.6 Å². The van der Waals surface area contributed by atoms with E-state index < -0.39 is 6.03 Å². The summed E-state index contributed by atoms with van der Waals surface area (Å²) in [6.45, 7) is 0. The van der Waals surface area contributed by atoms with Crippen LogP contribution in [0.4, 0.5) is 10.5 Å². The van der Waals surface area contributed by atoms with E-state index in [1.54, 1.807) is 12.1 Å². The molecule has 0 spiro atoms. The molecule has 0 saturated heterocycles. The molecule has 3 amide bonds. The van der Waals surface area contributed by atoms with E-state index in [4.69, 9.17) is 0 Å². The maximum atomic E-state index is 12.0. The van der Waals surface area contributed by atoms with Crippen LogP contribution in [-0.4, -0.2) is 32.5 Å². The summed E-state index contributed by atoms with van der Waals surface area (Å²) in [5.74, 6) is 1.38. The Kier molecular flexibility index (Phi) is 4.44. The second-order valence-corrected chi connectivity index (χ2v) is 7.32. The van der Waals surface area contributed by atoms with Gasteiger partial charge in [-0.1, -0.05) is 30.0 Å². The van der Waals surface area contributed by atoms with Crippen LogP contribution in [0.1, 0.15) is 43.5 Å². The molecule has 0 bridgehead atoms. The van der Waals surface area contributed by atoms with Gasteiger partial charge in [0.15, 0.2) is 5.16 Å². The highest BCUT2D eigenvalue weighted by Gasteiger charge is 2.36. The molecular weight excluding hydrogens is 338 g/mol. The third kappa shape index (κ3) is 4.01. The monoisotopic (exact) mass is 357 g/mol. The molecule has 130 valence electrons. The smallest absolute Gasteiger partial charge is 0.308 e. The number of anilines is 1. The average molecular weight is 357 g/mol. The standard InChI is InChI=1S/C17H19N5O2S/c23-14(19-16(24)18-12-4-2-1-3-5-12)10-25-17-21-20-15(11-6-7-11)22(17)13-8-9-13/h1-5,11,13H,6-10H2,(H2,18,19,23,24). The van der Waals surface area contributed by atoms with Gasteiger partial charge in [-0.2, -0.15) is 0 Å². The molecule has 8 heteroatoms. The molecule has 4 rings (SSSR count). The first-order valence-corrected chi connectivity index (χ1v) is 9.43. The number of thioether (sulfide) groups is 1. The number of amides is 3. The fourth-order valence-corrected chi connectivity index (χ4v) is 3.47. The van der Waals surface area contributed by atoms with Gasteiger partial charge in [0.2, 0.25) is 5.91 Å². The quantitative estimate of drug-likeness (QED) is 0.776. The van der Waals surface area contributed by atoms with E-state index in [-0.39, 0.29) is 11.7 Å². The number of aromatic nitrogens is 3. The zero-order chi connectivity index (χ0) is 17.2. The van der Waals surface area contributed by atoms with Gasteiger partial charge in [0, 0.05) is 17.6 Å². The Morgan fingerprint density at radius 3 is 2.56 bits per heavy atom. The van der Waals surface area contributed by atoms with Crippen molar-refractivity contribution in [3.63, 3.8) is 0 Å². The summed E-state index contributed by atoms with van der Waals surface area (Å²) in [6.07, 6.45) is 4.65. The van der Waals surface area contributed by atoms with Crippen LogP contribution in [0.15, 0.2) is 35.5 Å². The van der Waals surface area contributed by atoms with Crippen LogP contribution >= 0.6 is 11.8 Å². The van der Waals surface area contributed by atoms with Crippen LogP contribution in [0.25, 0.3) is 0 Å². The minimum Gasteiger partial charge on any atom is -0.308 e. The number of benzene rings is 1. The second-order valence-electron chi connectivity index (χ2n) is 6.37. The Hall–Kier alpha value is -2.35. The lowest BCUT2D eigenvalue weighted by molar-refractivity contribution is -0.117. The zero-order valence-corrected chi connectivity index (χ0v) is 14.5. The molecule has 0 radical (unpaired) electrons. The molecular formula is C17H19N5O2S. The summed E-state index contributed by atoms with van der Waals surface area (Å²) in [5, 5.41) is 14.3. The number of carbonyl (C=O) groups is 2. The van der Waals surface area contributed by atoms with Gasteiger partial charge in [-0.25, -0.2) is 4.79 Å². The number of urea groups is 1. The Morgan fingerprint density at radius 2 is 1.88 bits per heavy atom. The van der Waals surface area contributed by atoms with Crippen LogP contribution in [0, 0.1) is 0 Å². The summed E-state index contributed by atoms with van der Waals surface area (Å²) in [4.78, 5) is 23.9. The van der Waals surface area contributed by atoms with E-state index in [9.17, 15) is 9.59 Å². The van der Waals surface area contributed by atoms with Gasteiger partial charge in [0.25, 0.3) is 0 Å². The number of para-hydroxylation sites is 1. The topological polar surface area (TPSA) is 88.9 Å². The van der Waals surface area contributed by atoms with Gasteiger partial charge in [-0.3, -0.25) is 10.1 Å². The first kappa shape index (κ1) is 16.1. The molecule has 2 aliphatic carbocycles. The van der Waals surface area contributed by atoms with Crippen LogP contribution in [0.5, 0.6) is 0 Å². The van der Waals surface area contributed by atoms with E-state index in [1.807, 2.05) is 18.2 Å². The molecule has 2 aliphatic rings. The molecule has 1 aromatic heterocycles. The summed E-state index contributed by atoms with van der Waals surface area (Å²) in [5.41, 5.74) is 0.642. The Balaban J connectivity index is 1.31. The Bertz CT molecular complexity index is 784. The predicted octanol–water partition coefficient (Wildman–Crippen LogP) is 2.93. The molecule has 7 nitrogen and oxygen atoms in total. The summed E-state index contributed by atoms with van der Waals surface area (Å²) < 4.78 is 2.19. The van der Waals surface area contributed by atoms with Gasteiger partial charge in [-0.05, 0) is 37.8 Å². The van der Waals surface area contributed by atoms with Gasteiger partial charge < -0.3 is 9.88 Å². The Morgan fingerprint density at radius 1 is 1.12 bits per heavy atom. The van der Waals surface area contributed by atoms with E-state index >= 15 is 0 Å². The van der Waals surface area contributed by atoms with Crippen LogP contribution in [0.3, 0.4) is 0 Å². The number of imide groups is 1. The van der Waals surface area contributed by atoms with E-state index in [2.05, 4.69) is 25.4 Å². The van der Waals surface area contributed by atoms with Crippen molar-refractivity contribution in [1.29, 1.82) is 0 Å². The molecule has 0 aliphatic heterocycles. The van der Waals surface area contributed by atoms with Crippen LogP contribution < -0.4 is 10.6 Å². The van der Waals surface area contributed by atoms with Gasteiger partial charge in [0.1, 0.15) is 5.82 Å². The third-order valence-electron chi connectivity index (χ3n) is 4.16. The number of rotatable bonds is 6. The zero-order valence-electron chi connectivity index (χ0n) is 13.6. The highest BCUT2D eigenvalue weighted by atomic mass is 32.2. The fraction of sp³-hybridized carbons (Fsp3) is 0.412. The van der Waals surface area contributed by atoms with E-state index in [0.717, 1.165) is 23.8 Å². The lowest BCUT2D eigenvalue weighted by Crippen LogP contribution is -2.35. The van der Waals surface area contributed by atoms with Crippen molar-refractivity contribution in [3.8, 4) is 0 Å². The number of hydrogen-bond donors (Lipinski definition) is 2. The van der Waals surface area contributed by atoms with Crippen LogP contribution in [0.2, 0.25) is 0 Å². The lowest BCUT2D eigenvalue weighted by atomic mass is 10.3. The molecule has 2 N–H and O–H groups in total.